The van der Waals surface area contributed by atoms with Crippen LogP contribution in [0.5, 0.6) is 0 Å². The van der Waals surface area contributed by atoms with Crippen LogP contribution in [-0.4, -0.2) is 34.3 Å². The Hall–Kier alpha value is -0.220. The molecule has 0 amide bonds. The van der Waals surface area contributed by atoms with E-state index < -0.39 is 5.60 Å². The molecule has 0 aliphatic carbocycles. The normalized spacial score (nSPS) is 32.7. The van der Waals surface area contributed by atoms with Gasteiger partial charge in [0.05, 0.1) is 18.1 Å². The number of hydrogen-bond acceptors (Lipinski definition) is 4. The first kappa shape index (κ1) is 12.8. The van der Waals surface area contributed by atoms with Crippen LogP contribution in [0.2, 0.25) is 0 Å². The van der Waals surface area contributed by atoms with Crippen LogP contribution in [0.15, 0.2) is 0 Å². The molecule has 0 spiro atoms. The van der Waals surface area contributed by atoms with E-state index in [4.69, 9.17) is 4.74 Å². The molecule has 3 atom stereocenters. The number of carbonyl (C=O) groups excluding carboxylic acids is 1. The number of ether oxygens (including phenoxy) is 1. The molecule has 3 nitrogen and oxygen atoms in total. The zero-order valence-corrected chi connectivity index (χ0v) is 10.5. The molecule has 15 heavy (non-hydrogen) atoms. The van der Waals surface area contributed by atoms with Crippen LogP contribution in [-0.2, 0) is 9.53 Å². The molecule has 4 heteroatoms. The van der Waals surface area contributed by atoms with E-state index in [1.165, 1.54) is 0 Å². The molecule has 0 aromatic heterocycles. The molecule has 1 saturated heterocycles. The van der Waals surface area contributed by atoms with Crippen molar-refractivity contribution in [2.75, 3.05) is 12.4 Å². The Kier molecular flexibility index (Phi) is 4.46. The molecule has 0 saturated carbocycles. The van der Waals surface area contributed by atoms with Crippen molar-refractivity contribution in [3.05, 3.63) is 0 Å². The molecule has 88 valence electrons. The van der Waals surface area contributed by atoms with Crippen LogP contribution >= 0.6 is 11.8 Å². The summed E-state index contributed by atoms with van der Waals surface area (Å²) in [5.74, 6) is 0.299. The van der Waals surface area contributed by atoms with E-state index in [0.29, 0.717) is 19.4 Å². The minimum absolute atomic E-state index is 0.117. The van der Waals surface area contributed by atoms with Crippen LogP contribution in [0.3, 0.4) is 0 Å². The molecular weight excluding hydrogens is 212 g/mol. The van der Waals surface area contributed by atoms with Crippen LogP contribution in [0.4, 0.5) is 0 Å². The van der Waals surface area contributed by atoms with Gasteiger partial charge < -0.3 is 9.84 Å². The van der Waals surface area contributed by atoms with Gasteiger partial charge >= 0.3 is 5.97 Å². The molecule has 0 bridgehead atoms. The van der Waals surface area contributed by atoms with Crippen LogP contribution in [0.25, 0.3) is 0 Å². The summed E-state index contributed by atoms with van der Waals surface area (Å²) in [4.78, 5) is 11.7. The van der Waals surface area contributed by atoms with E-state index in [0.717, 1.165) is 5.75 Å². The SMILES string of the molecule is CCOC(=O)C(CC)C1(O)CCSC1C. The van der Waals surface area contributed by atoms with Gasteiger partial charge in [0.25, 0.3) is 0 Å². The molecule has 0 aromatic rings. The number of rotatable bonds is 4. The van der Waals surface area contributed by atoms with Gasteiger partial charge in [0, 0.05) is 5.25 Å². The van der Waals surface area contributed by atoms with Crippen molar-refractivity contribution in [1.82, 2.24) is 0 Å². The van der Waals surface area contributed by atoms with E-state index in [1.54, 1.807) is 18.7 Å². The molecule has 3 unspecified atom stereocenters. The van der Waals surface area contributed by atoms with Gasteiger partial charge in [0.15, 0.2) is 0 Å². The third-order valence-corrected chi connectivity index (χ3v) is 4.51. The highest BCUT2D eigenvalue weighted by molar-refractivity contribution is 8.00. The first-order valence-electron chi connectivity index (χ1n) is 5.56. The predicted octanol–water partition coefficient (Wildman–Crippen LogP) is 1.83. The minimum atomic E-state index is -0.869. The number of esters is 1. The molecule has 1 aliphatic rings. The highest BCUT2D eigenvalue weighted by Gasteiger charge is 2.48. The van der Waals surface area contributed by atoms with E-state index in [1.807, 2.05) is 13.8 Å². The van der Waals surface area contributed by atoms with Crippen molar-refractivity contribution >= 4 is 17.7 Å². The molecule has 0 radical (unpaired) electrons. The highest BCUT2D eigenvalue weighted by Crippen LogP contribution is 2.42. The summed E-state index contributed by atoms with van der Waals surface area (Å²) in [6.45, 7) is 6.09. The van der Waals surface area contributed by atoms with Crippen LogP contribution in [0, 0.1) is 5.92 Å². The number of aliphatic hydroxyl groups is 1. The molecule has 1 N–H and O–H groups in total. The van der Waals surface area contributed by atoms with Crippen LogP contribution in [0.1, 0.15) is 33.6 Å². The Bertz CT molecular complexity index is 232. The van der Waals surface area contributed by atoms with E-state index in [-0.39, 0.29) is 17.1 Å². The fraction of sp³-hybridized carbons (Fsp3) is 0.909. The maximum absolute atomic E-state index is 11.7. The smallest absolute Gasteiger partial charge is 0.311 e. The molecule has 1 aliphatic heterocycles. The first-order valence-corrected chi connectivity index (χ1v) is 6.61. The fourth-order valence-corrected chi connectivity index (χ4v) is 3.54. The molecule has 1 heterocycles. The minimum Gasteiger partial charge on any atom is -0.466 e. The monoisotopic (exact) mass is 232 g/mol. The van der Waals surface area contributed by atoms with Crippen molar-refractivity contribution < 1.29 is 14.6 Å². The van der Waals surface area contributed by atoms with Gasteiger partial charge in [-0.05, 0) is 25.5 Å². The summed E-state index contributed by atoms with van der Waals surface area (Å²) in [5.41, 5.74) is -0.869. The summed E-state index contributed by atoms with van der Waals surface area (Å²) < 4.78 is 5.01. The molecule has 0 aromatic carbocycles. The summed E-state index contributed by atoms with van der Waals surface area (Å²) in [7, 11) is 0. The highest BCUT2D eigenvalue weighted by atomic mass is 32.2. The van der Waals surface area contributed by atoms with Crippen molar-refractivity contribution in [3.63, 3.8) is 0 Å². The zero-order chi connectivity index (χ0) is 11.5. The lowest BCUT2D eigenvalue weighted by Crippen LogP contribution is -2.47. The standard InChI is InChI=1S/C11H20O3S/c1-4-9(10(12)14-5-2)11(13)6-7-15-8(11)3/h8-9,13H,4-7H2,1-3H3. The first-order chi connectivity index (χ1) is 7.06. The van der Waals surface area contributed by atoms with E-state index in [2.05, 4.69) is 0 Å². The average Bonchev–Trinajstić information content (AvgIpc) is 2.49. The quantitative estimate of drug-likeness (QED) is 0.751. The zero-order valence-electron chi connectivity index (χ0n) is 9.66. The number of hydrogen-bond donors (Lipinski definition) is 1. The van der Waals surface area contributed by atoms with Crippen LogP contribution < -0.4 is 0 Å². The fourth-order valence-electron chi connectivity index (χ4n) is 2.17. The Balaban J connectivity index is 2.76. The average molecular weight is 232 g/mol. The van der Waals surface area contributed by atoms with Gasteiger partial charge in [0.2, 0.25) is 0 Å². The third-order valence-electron chi connectivity index (χ3n) is 3.16. The van der Waals surface area contributed by atoms with Crippen molar-refractivity contribution in [1.29, 1.82) is 0 Å². The van der Waals surface area contributed by atoms with Crippen molar-refractivity contribution in [2.45, 2.75) is 44.5 Å². The maximum atomic E-state index is 11.7. The van der Waals surface area contributed by atoms with Gasteiger partial charge in [0.1, 0.15) is 0 Å². The molecular formula is C11H20O3S. The Morgan fingerprint density at radius 1 is 1.67 bits per heavy atom. The summed E-state index contributed by atoms with van der Waals surface area (Å²) in [6, 6.07) is 0. The topological polar surface area (TPSA) is 46.5 Å². The van der Waals surface area contributed by atoms with Gasteiger partial charge in [-0.25, -0.2) is 0 Å². The van der Waals surface area contributed by atoms with Gasteiger partial charge in [-0.2, -0.15) is 11.8 Å². The van der Waals surface area contributed by atoms with Gasteiger partial charge in [-0.3, -0.25) is 4.79 Å². The Morgan fingerprint density at radius 3 is 2.73 bits per heavy atom. The second-order valence-corrected chi connectivity index (χ2v) is 5.42. The molecule has 1 fully saturated rings. The largest absolute Gasteiger partial charge is 0.466 e. The second kappa shape index (κ2) is 5.21. The molecule has 1 rings (SSSR count). The summed E-state index contributed by atoms with van der Waals surface area (Å²) >= 11 is 1.73. The maximum Gasteiger partial charge on any atom is 0.311 e. The van der Waals surface area contributed by atoms with Crippen molar-refractivity contribution in [2.24, 2.45) is 5.92 Å². The van der Waals surface area contributed by atoms with E-state index >= 15 is 0 Å². The lowest BCUT2D eigenvalue weighted by Gasteiger charge is -2.33. The Labute approximate surface area is 95.6 Å². The Morgan fingerprint density at radius 2 is 2.33 bits per heavy atom. The summed E-state index contributed by atoms with van der Waals surface area (Å²) in [5, 5.41) is 10.6. The number of thioether (sulfide) groups is 1. The third kappa shape index (κ3) is 2.48. The van der Waals surface area contributed by atoms with Crippen molar-refractivity contribution in [3.8, 4) is 0 Å². The van der Waals surface area contributed by atoms with Gasteiger partial charge in [-0.15, -0.1) is 0 Å². The predicted molar refractivity (Wildman–Crippen MR) is 61.9 cm³/mol. The second-order valence-electron chi connectivity index (χ2n) is 3.97. The summed E-state index contributed by atoms with van der Waals surface area (Å²) in [6.07, 6.45) is 1.33. The van der Waals surface area contributed by atoms with E-state index in [9.17, 15) is 9.90 Å². The van der Waals surface area contributed by atoms with Gasteiger partial charge in [-0.1, -0.05) is 13.8 Å². The lowest BCUT2D eigenvalue weighted by molar-refractivity contribution is -0.158. The lowest BCUT2D eigenvalue weighted by atomic mass is 9.81. The number of carbonyl (C=O) groups is 1.